The van der Waals surface area contributed by atoms with Crippen molar-refractivity contribution in [1.29, 1.82) is 0 Å². The van der Waals surface area contributed by atoms with Crippen LogP contribution in [0.5, 0.6) is 0 Å². The van der Waals surface area contributed by atoms with Gasteiger partial charge in [-0.25, -0.2) is 0 Å². The van der Waals surface area contributed by atoms with E-state index in [1.807, 2.05) is 37.3 Å². The minimum Gasteiger partial charge on any atom is -0.380 e. The van der Waals surface area contributed by atoms with Crippen molar-refractivity contribution >= 4 is 21.7 Å². The monoisotopic (exact) mass is 329 g/mol. The van der Waals surface area contributed by atoms with Gasteiger partial charge in [0.25, 0.3) is 0 Å². The van der Waals surface area contributed by atoms with Gasteiger partial charge in [-0.1, -0.05) is 27.2 Å². The van der Waals surface area contributed by atoms with Gasteiger partial charge in [-0.3, -0.25) is 4.98 Å². The lowest BCUT2D eigenvalue weighted by Gasteiger charge is -2.06. The van der Waals surface area contributed by atoms with Crippen molar-refractivity contribution in [2.45, 2.75) is 6.92 Å². The van der Waals surface area contributed by atoms with Crippen molar-refractivity contribution in [2.24, 2.45) is 0 Å². The second kappa shape index (κ2) is 5.09. The van der Waals surface area contributed by atoms with Crippen molar-refractivity contribution < 1.29 is 4.52 Å². The molecule has 5 heteroatoms. The lowest BCUT2D eigenvalue weighted by Crippen LogP contribution is -1.90. The quantitative estimate of drug-likeness (QED) is 0.770. The Kier molecular flexibility index (Phi) is 3.28. The van der Waals surface area contributed by atoms with Crippen molar-refractivity contribution in [3.63, 3.8) is 0 Å². The number of benzene rings is 1. The summed E-state index contributed by atoms with van der Waals surface area (Å²) < 4.78 is 6.46. The highest BCUT2D eigenvalue weighted by atomic mass is 79.9. The molecule has 4 nitrogen and oxygen atoms in total. The molecule has 2 heterocycles. The van der Waals surface area contributed by atoms with Gasteiger partial charge in [-0.2, -0.15) is 0 Å². The third-order valence-electron chi connectivity index (χ3n) is 3.10. The second-order valence-corrected chi connectivity index (χ2v) is 5.39. The lowest BCUT2D eigenvalue weighted by molar-refractivity contribution is 0.436. The smallest absolute Gasteiger partial charge is 0.177 e. The Morgan fingerprint density at radius 2 is 2.10 bits per heavy atom. The van der Waals surface area contributed by atoms with E-state index in [1.54, 1.807) is 12.4 Å². The normalized spacial score (nSPS) is 10.7. The molecule has 0 fully saturated rings. The van der Waals surface area contributed by atoms with Crippen LogP contribution in [0.4, 0.5) is 5.82 Å². The molecule has 1 aromatic carbocycles. The molecular weight excluding hydrogens is 318 g/mol. The van der Waals surface area contributed by atoms with Crippen LogP contribution < -0.4 is 5.73 Å². The highest BCUT2D eigenvalue weighted by Crippen LogP contribution is 2.38. The summed E-state index contributed by atoms with van der Waals surface area (Å²) in [6, 6.07) is 9.78. The van der Waals surface area contributed by atoms with Crippen LogP contribution in [0.1, 0.15) is 5.56 Å². The average molecular weight is 330 g/mol. The standard InChI is InChI=1S/C15H12BrN3O/c1-9-7-11(16)4-5-12(9)14-13(15(17)19-20-14)10-3-2-6-18-8-10/h2-8H,1H3,(H2,17,19). The van der Waals surface area contributed by atoms with Gasteiger partial charge in [0, 0.05) is 28.0 Å². The van der Waals surface area contributed by atoms with Gasteiger partial charge in [-0.05, 0) is 36.8 Å². The minimum absolute atomic E-state index is 0.371. The van der Waals surface area contributed by atoms with Gasteiger partial charge in [0.15, 0.2) is 11.6 Å². The third kappa shape index (κ3) is 2.20. The topological polar surface area (TPSA) is 64.9 Å². The molecule has 2 aromatic heterocycles. The van der Waals surface area contributed by atoms with Gasteiger partial charge in [0.2, 0.25) is 0 Å². The van der Waals surface area contributed by atoms with Gasteiger partial charge in [0.1, 0.15) is 0 Å². The Morgan fingerprint density at radius 3 is 2.80 bits per heavy atom. The Labute approximate surface area is 124 Å². The Morgan fingerprint density at radius 1 is 1.25 bits per heavy atom. The van der Waals surface area contributed by atoms with E-state index in [-0.39, 0.29) is 0 Å². The first kappa shape index (κ1) is 12.9. The lowest BCUT2D eigenvalue weighted by atomic mass is 10.00. The molecule has 0 amide bonds. The fourth-order valence-electron chi connectivity index (χ4n) is 2.16. The molecule has 0 saturated heterocycles. The van der Waals surface area contributed by atoms with E-state index in [4.69, 9.17) is 10.3 Å². The summed E-state index contributed by atoms with van der Waals surface area (Å²) in [5, 5.41) is 3.90. The summed E-state index contributed by atoms with van der Waals surface area (Å²) in [5.74, 6) is 1.04. The van der Waals surface area contributed by atoms with Crippen LogP contribution in [-0.2, 0) is 0 Å². The summed E-state index contributed by atoms with van der Waals surface area (Å²) in [6.07, 6.45) is 3.47. The molecule has 100 valence electrons. The first-order valence-corrected chi connectivity index (χ1v) is 6.88. The predicted octanol–water partition coefficient (Wildman–Crippen LogP) is 4.06. The molecule has 0 spiro atoms. The van der Waals surface area contributed by atoms with Crippen LogP contribution in [0.15, 0.2) is 51.7 Å². The number of aryl methyl sites for hydroxylation is 1. The van der Waals surface area contributed by atoms with Gasteiger partial charge >= 0.3 is 0 Å². The number of nitrogens with zero attached hydrogens (tertiary/aromatic N) is 2. The zero-order chi connectivity index (χ0) is 14.1. The van der Waals surface area contributed by atoms with Crippen LogP contribution in [0, 0.1) is 6.92 Å². The van der Waals surface area contributed by atoms with Crippen LogP contribution in [0.3, 0.4) is 0 Å². The van der Waals surface area contributed by atoms with E-state index in [0.29, 0.717) is 11.6 Å². The number of anilines is 1. The van der Waals surface area contributed by atoms with Crippen LogP contribution >= 0.6 is 15.9 Å². The zero-order valence-electron chi connectivity index (χ0n) is 10.8. The highest BCUT2D eigenvalue weighted by Gasteiger charge is 2.19. The molecule has 2 N–H and O–H groups in total. The Bertz CT molecular complexity index is 753. The molecule has 0 bridgehead atoms. The van der Waals surface area contributed by atoms with E-state index < -0.39 is 0 Å². The fourth-order valence-corrected chi connectivity index (χ4v) is 2.63. The van der Waals surface area contributed by atoms with Crippen molar-refractivity contribution in [3.8, 4) is 22.5 Å². The van der Waals surface area contributed by atoms with E-state index >= 15 is 0 Å². The first-order valence-electron chi connectivity index (χ1n) is 6.09. The molecule has 0 atom stereocenters. The Hall–Kier alpha value is -2.14. The van der Waals surface area contributed by atoms with Crippen molar-refractivity contribution in [2.75, 3.05) is 5.73 Å². The molecule has 0 aliphatic carbocycles. The minimum atomic E-state index is 0.371. The van der Waals surface area contributed by atoms with Crippen LogP contribution in [0.25, 0.3) is 22.5 Å². The molecule has 0 unspecified atom stereocenters. The maximum absolute atomic E-state index is 5.95. The molecule has 20 heavy (non-hydrogen) atoms. The molecule has 0 aliphatic heterocycles. The maximum atomic E-state index is 5.95. The van der Waals surface area contributed by atoms with Crippen LogP contribution in [0.2, 0.25) is 0 Å². The third-order valence-corrected chi connectivity index (χ3v) is 3.60. The largest absolute Gasteiger partial charge is 0.380 e. The molecule has 0 saturated carbocycles. The maximum Gasteiger partial charge on any atom is 0.177 e. The van der Waals surface area contributed by atoms with Gasteiger partial charge in [-0.15, -0.1) is 0 Å². The first-order chi connectivity index (χ1) is 9.66. The molecular formula is C15H12BrN3O. The molecule has 0 aliphatic rings. The summed E-state index contributed by atoms with van der Waals surface area (Å²) in [4.78, 5) is 4.12. The fraction of sp³-hybridized carbons (Fsp3) is 0.0667. The van der Waals surface area contributed by atoms with E-state index in [2.05, 4.69) is 26.1 Å². The van der Waals surface area contributed by atoms with Crippen molar-refractivity contribution in [3.05, 3.63) is 52.8 Å². The SMILES string of the molecule is Cc1cc(Br)ccc1-c1onc(N)c1-c1cccnc1. The summed E-state index contributed by atoms with van der Waals surface area (Å²) in [6.45, 7) is 2.02. The average Bonchev–Trinajstić information content (AvgIpc) is 2.81. The number of halogens is 1. The summed E-state index contributed by atoms with van der Waals surface area (Å²) in [5.41, 5.74) is 9.67. The Balaban J connectivity index is 2.21. The van der Waals surface area contributed by atoms with Crippen LogP contribution in [-0.4, -0.2) is 10.1 Å². The van der Waals surface area contributed by atoms with E-state index in [0.717, 1.165) is 26.7 Å². The highest BCUT2D eigenvalue weighted by molar-refractivity contribution is 9.10. The second-order valence-electron chi connectivity index (χ2n) is 4.47. The number of nitrogens with two attached hydrogens (primary N) is 1. The van der Waals surface area contributed by atoms with E-state index in [1.165, 1.54) is 0 Å². The van der Waals surface area contributed by atoms with Gasteiger partial charge < -0.3 is 10.3 Å². The zero-order valence-corrected chi connectivity index (χ0v) is 12.4. The summed E-state index contributed by atoms with van der Waals surface area (Å²) >= 11 is 3.46. The number of hydrogen-bond acceptors (Lipinski definition) is 4. The number of aromatic nitrogens is 2. The predicted molar refractivity (Wildman–Crippen MR) is 82.0 cm³/mol. The molecule has 3 aromatic rings. The van der Waals surface area contributed by atoms with Gasteiger partial charge in [0.05, 0.1) is 5.56 Å². The van der Waals surface area contributed by atoms with Crippen molar-refractivity contribution in [1.82, 2.24) is 10.1 Å². The number of hydrogen-bond donors (Lipinski definition) is 1. The number of rotatable bonds is 2. The van der Waals surface area contributed by atoms with E-state index in [9.17, 15) is 0 Å². The number of nitrogen functional groups attached to an aromatic ring is 1. The summed E-state index contributed by atoms with van der Waals surface area (Å²) in [7, 11) is 0. The molecule has 0 radical (unpaired) electrons. The molecule has 3 rings (SSSR count). The number of pyridine rings is 1.